The number of rotatable bonds is 2. The highest BCUT2D eigenvalue weighted by molar-refractivity contribution is 14.1. The van der Waals surface area contributed by atoms with Gasteiger partial charge in [-0.1, -0.05) is 0 Å². The third kappa shape index (κ3) is 2.57. The predicted molar refractivity (Wildman–Crippen MR) is 67.0 cm³/mol. The second-order valence-electron chi connectivity index (χ2n) is 3.37. The minimum Gasteiger partial charge on any atom is -0.355 e. The van der Waals surface area contributed by atoms with Crippen LogP contribution in [0.25, 0.3) is 11.5 Å². The first-order chi connectivity index (χ1) is 8.41. The van der Waals surface area contributed by atoms with Gasteiger partial charge in [-0.05, 0) is 45.9 Å². The molecule has 0 radical (unpaired) electrons. The average molecular weight is 369 g/mol. The summed E-state index contributed by atoms with van der Waals surface area (Å²) >= 11 is 1.80. The number of nitrogens with one attached hydrogen (secondary N) is 1. The Hall–Kier alpha value is -1.32. The molecule has 0 atom stereocenters. The number of benzene rings is 1. The van der Waals surface area contributed by atoms with Gasteiger partial charge < -0.3 is 9.84 Å². The third-order valence-electron chi connectivity index (χ3n) is 2.18. The van der Waals surface area contributed by atoms with Crippen LogP contribution in [0.3, 0.4) is 0 Å². The zero-order chi connectivity index (χ0) is 13.3. The average Bonchev–Trinajstić information content (AvgIpc) is 2.76. The van der Waals surface area contributed by atoms with E-state index in [1.807, 2.05) is 0 Å². The molecule has 0 aliphatic rings. The van der Waals surface area contributed by atoms with Crippen molar-refractivity contribution in [2.45, 2.75) is 6.18 Å². The van der Waals surface area contributed by atoms with Gasteiger partial charge in [-0.2, -0.15) is 18.2 Å². The van der Waals surface area contributed by atoms with Crippen LogP contribution in [0.5, 0.6) is 0 Å². The van der Waals surface area contributed by atoms with Gasteiger partial charge in [0.25, 0.3) is 11.8 Å². The molecule has 0 spiro atoms. The molecule has 4 nitrogen and oxygen atoms in total. The Morgan fingerprint density at radius 3 is 2.56 bits per heavy atom. The Morgan fingerprint density at radius 1 is 1.33 bits per heavy atom. The zero-order valence-electron chi connectivity index (χ0n) is 9.05. The number of aromatic nitrogens is 2. The molecule has 1 aromatic heterocycles. The summed E-state index contributed by atoms with van der Waals surface area (Å²) in [6.45, 7) is 0. The smallest absolute Gasteiger partial charge is 0.355 e. The summed E-state index contributed by atoms with van der Waals surface area (Å²) in [4.78, 5) is 3.98. The lowest BCUT2D eigenvalue weighted by atomic mass is 10.1. The fourth-order valence-electron chi connectivity index (χ4n) is 1.30. The van der Waals surface area contributed by atoms with Gasteiger partial charge in [-0.25, -0.2) is 0 Å². The number of halogens is 4. The largest absolute Gasteiger partial charge is 0.416 e. The monoisotopic (exact) mass is 369 g/mol. The van der Waals surface area contributed by atoms with Crippen LogP contribution in [0.1, 0.15) is 5.56 Å². The first-order valence-electron chi connectivity index (χ1n) is 4.80. The van der Waals surface area contributed by atoms with E-state index < -0.39 is 11.7 Å². The van der Waals surface area contributed by atoms with Crippen LogP contribution in [0.15, 0.2) is 22.7 Å². The van der Waals surface area contributed by atoms with Crippen molar-refractivity contribution in [3.8, 4) is 11.5 Å². The second-order valence-corrected chi connectivity index (χ2v) is 4.53. The van der Waals surface area contributed by atoms with Crippen molar-refractivity contribution < 1.29 is 17.7 Å². The quantitative estimate of drug-likeness (QED) is 0.825. The molecule has 0 fully saturated rings. The van der Waals surface area contributed by atoms with Gasteiger partial charge in [0, 0.05) is 10.6 Å². The predicted octanol–water partition coefficient (Wildman–Crippen LogP) is 3.40. The van der Waals surface area contributed by atoms with Gasteiger partial charge in [0.05, 0.1) is 11.1 Å². The van der Waals surface area contributed by atoms with E-state index in [2.05, 4.69) is 15.5 Å². The lowest BCUT2D eigenvalue weighted by Gasteiger charge is -2.07. The van der Waals surface area contributed by atoms with E-state index in [-0.39, 0.29) is 11.8 Å². The highest BCUT2D eigenvalue weighted by Gasteiger charge is 2.31. The number of hydrogen-bond acceptors (Lipinski definition) is 4. The number of anilines is 1. The molecule has 0 bridgehead atoms. The highest BCUT2D eigenvalue weighted by Crippen LogP contribution is 2.33. The molecule has 0 aliphatic carbocycles. The summed E-state index contributed by atoms with van der Waals surface area (Å²) in [7, 11) is 1.62. The van der Waals surface area contributed by atoms with Crippen molar-refractivity contribution >= 4 is 28.5 Å². The lowest BCUT2D eigenvalue weighted by molar-refractivity contribution is -0.137. The minimum absolute atomic E-state index is 0.178. The molecule has 1 heterocycles. The Kier molecular flexibility index (Phi) is 3.46. The van der Waals surface area contributed by atoms with Crippen LogP contribution in [0.4, 0.5) is 19.1 Å². The minimum atomic E-state index is -4.36. The molecule has 2 rings (SSSR count). The Balaban J connectivity index is 2.41. The summed E-state index contributed by atoms with van der Waals surface area (Å²) in [5.74, 6) is 0.457. The molecule has 0 saturated carbocycles. The van der Waals surface area contributed by atoms with Crippen molar-refractivity contribution in [3.05, 3.63) is 27.3 Å². The van der Waals surface area contributed by atoms with Gasteiger partial charge in [0.15, 0.2) is 0 Å². The topological polar surface area (TPSA) is 51.0 Å². The SMILES string of the molecule is CNc1noc(-c2ccc(C(F)(F)F)cc2I)n1. The van der Waals surface area contributed by atoms with E-state index in [1.54, 1.807) is 29.6 Å². The highest BCUT2D eigenvalue weighted by atomic mass is 127. The van der Waals surface area contributed by atoms with Crippen molar-refractivity contribution in [2.24, 2.45) is 0 Å². The second kappa shape index (κ2) is 4.75. The summed E-state index contributed by atoms with van der Waals surface area (Å²) < 4.78 is 42.8. The molecular weight excluding hydrogens is 362 g/mol. The van der Waals surface area contributed by atoms with Crippen molar-refractivity contribution in [1.82, 2.24) is 10.1 Å². The first-order valence-corrected chi connectivity index (χ1v) is 5.88. The van der Waals surface area contributed by atoms with Crippen molar-refractivity contribution in [2.75, 3.05) is 12.4 Å². The molecule has 1 aromatic carbocycles. The van der Waals surface area contributed by atoms with Crippen LogP contribution in [-0.4, -0.2) is 17.2 Å². The van der Waals surface area contributed by atoms with Crippen LogP contribution in [-0.2, 0) is 6.18 Å². The van der Waals surface area contributed by atoms with E-state index in [1.165, 1.54) is 6.07 Å². The maximum absolute atomic E-state index is 12.5. The maximum Gasteiger partial charge on any atom is 0.416 e. The summed E-state index contributed by atoms with van der Waals surface area (Å²) in [6.07, 6.45) is -4.36. The number of nitrogens with zero attached hydrogens (tertiary/aromatic N) is 2. The summed E-state index contributed by atoms with van der Waals surface area (Å²) in [5, 5.41) is 6.27. The number of alkyl halides is 3. The van der Waals surface area contributed by atoms with Gasteiger partial charge in [-0.3, -0.25) is 0 Å². The van der Waals surface area contributed by atoms with Crippen LogP contribution >= 0.6 is 22.6 Å². The molecule has 0 aliphatic heterocycles. The van der Waals surface area contributed by atoms with E-state index in [9.17, 15) is 13.2 Å². The zero-order valence-corrected chi connectivity index (χ0v) is 11.2. The van der Waals surface area contributed by atoms with Gasteiger partial charge in [0.1, 0.15) is 0 Å². The normalized spacial score (nSPS) is 11.6. The van der Waals surface area contributed by atoms with Gasteiger partial charge in [0.2, 0.25) is 0 Å². The summed E-state index contributed by atoms with van der Waals surface area (Å²) in [5.41, 5.74) is -0.235. The van der Waals surface area contributed by atoms with Crippen LogP contribution in [0.2, 0.25) is 0 Å². The van der Waals surface area contributed by atoms with Crippen molar-refractivity contribution in [1.29, 1.82) is 0 Å². The van der Waals surface area contributed by atoms with Crippen molar-refractivity contribution in [3.63, 3.8) is 0 Å². The van der Waals surface area contributed by atoms with Crippen LogP contribution < -0.4 is 5.32 Å². The van der Waals surface area contributed by atoms with Gasteiger partial charge >= 0.3 is 6.18 Å². The molecule has 8 heteroatoms. The molecule has 1 N–H and O–H groups in total. The first kappa shape index (κ1) is 13.1. The molecule has 0 saturated heterocycles. The lowest BCUT2D eigenvalue weighted by Crippen LogP contribution is -2.05. The summed E-state index contributed by atoms with van der Waals surface area (Å²) in [6, 6.07) is 3.34. The Morgan fingerprint density at radius 2 is 2.06 bits per heavy atom. The fourth-order valence-corrected chi connectivity index (χ4v) is 2.05. The Labute approximate surface area is 114 Å². The Bertz CT molecular complexity index is 568. The maximum atomic E-state index is 12.5. The molecule has 0 amide bonds. The van der Waals surface area contributed by atoms with E-state index in [0.29, 0.717) is 9.13 Å². The van der Waals surface area contributed by atoms with E-state index >= 15 is 0 Å². The van der Waals surface area contributed by atoms with E-state index in [4.69, 9.17) is 4.52 Å². The van der Waals surface area contributed by atoms with E-state index in [0.717, 1.165) is 12.1 Å². The molecule has 18 heavy (non-hydrogen) atoms. The molecule has 0 unspecified atom stereocenters. The van der Waals surface area contributed by atoms with Gasteiger partial charge in [-0.15, -0.1) is 0 Å². The third-order valence-corrected chi connectivity index (χ3v) is 3.07. The molecule has 96 valence electrons. The fraction of sp³-hybridized carbons (Fsp3) is 0.200. The molecule has 2 aromatic rings. The van der Waals surface area contributed by atoms with Crippen LogP contribution in [0, 0.1) is 3.57 Å². The number of hydrogen-bond donors (Lipinski definition) is 1. The molecular formula is C10H7F3IN3O. The standard InChI is InChI=1S/C10H7F3IN3O/c1-15-9-16-8(18-17-9)6-3-2-5(4-7(6)14)10(11,12)13/h2-4H,1H3,(H,15,17).